The number of hydrogen-bond donors (Lipinski definition) is 1. The van der Waals surface area contributed by atoms with Gasteiger partial charge in [-0.05, 0) is 44.4 Å². The fourth-order valence-electron chi connectivity index (χ4n) is 4.32. The molecule has 0 aromatic rings. The summed E-state index contributed by atoms with van der Waals surface area (Å²) in [5.41, 5.74) is 0. The maximum absolute atomic E-state index is 12.6. The molecule has 2 unspecified atom stereocenters. The van der Waals surface area contributed by atoms with Gasteiger partial charge in [0, 0.05) is 25.2 Å². The van der Waals surface area contributed by atoms with Gasteiger partial charge < -0.3 is 5.32 Å². The van der Waals surface area contributed by atoms with Crippen molar-refractivity contribution >= 4 is 22.4 Å². The molecular weight excluding hydrogens is 308 g/mol. The van der Waals surface area contributed by atoms with Crippen molar-refractivity contribution in [3.05, 3.63) is 0 Å². The molecule has 0 amide bonds. The predicted molar refractivity (Wildman–Crippen MR) is 88.3 cm³/mol. The third-order valence-electron chi connectivity index (χ3n) is 5.57. The molecular formula is C15H29ClN2O2S. The zero-order valence-electron chi connectivity index (χ0n) is 13.0. The van der Waals surface area contributed by atoms with Gasteiger partial charge in [-0.15, -0.1) is 12.4 Å². The van der Waals surface area contributed by atoms with Crippen LogP contribution < -0.4 is 5.32 Å². The van der Waals surface area contributed by atoms with E-state index >= 15 is 0 Å². The summed E-state index contributed by atoms with van der Waals surface area (Å²) in [6.45, 7) is 0. The lowest BCUT2D eigenvalue weighted by molar-refractivity contribution is 0.249. The van der Waals surface area contributed by atoms with E-state index in [1.807, 2.05) is 7.05 Å². The standard InChI is InChI=1S/C15H28N2O2S.ClH/c1-17(15-9-13-7-8-14(10-15)16-13)20(18,19)11-12-5-3-2-4-6-12;/h12-16H,2-11H2,1H3;1H. The minimum atomic E-state index is -3.07. The van der Waals surface area contributed by atoms with E-state index in [1.54, 1.807) is 4.31 Å². The SMILES string of the molecule is CN(C1CC2CCC(C1)N2)S(=O)(=O)CC1CCCCC1.Cl. The van der Waals surface area contributed by atoms with E-state index in [0.29, 0.717) is 23.8 Å². The molecule has 21 heavy (non-hydrogen) atoms. The van der Waals surface area contributed by atoms with Crippen LogP contribution in [0.5, 0.6) is 0 Å². The van der Waals surface area contributed by atoms with Crippen LogP contribution in [0.25, 0.3) is 0 Å². The Kier molecular flexibility index (Phi) is 5.97. The summed E-state index contributed by atoms with van der Waals surface area (Å²) >= 11 is 0. The first-order valence-electron chi connectivity index (χ1n) is 8.26. The second-order valence-electron chi connectivity index (χ2n) is 7.06. The Hall–Kier alpha value is 0.160. The van der Waals surface area contributed by atoms with Crippen LogP contribution in [0.15, 0.2) is 0 Å². The number of nitrogens with zero attached hydrogens (tertiary/aromatic N) is 1. The van der Waals surface area contributed by atoms with Crippen molar-refractivity contribution < 1.29 is 8.42 Å². The van der Waals surface area contributed by atoms with Crippen molar-refractivity contribution in [1.29, 1.82) is 0 Å². The quantitative estimate of drug-likeness (QED) is 0.858. The van der Waals surface area contributed by atoms with Gasteiger partial charge in [-0.3, -0.25) is 0 Å². The second-order valence-corrected chi connectivity index (χ2v) is 9.14. The fourth-order valence-corrected chi connectivity index (χ4v) is 6.11. The van der Waals surface area contributed by atoms with E-state index in [4.69, 9.17) is 0 Å². The molecule has 6 heteroatoms. The van der Waals surface area contributed by atoms with Gasteiger partial charge in [-0.1, -0.05) is 19.3 Å². The maximum atomic E-state index is 12.6. The summed E-state index contributed by atoms with van der Waals surface area (Å²) in [5.74, 6) is 0.776. The Bertz CT molecular complexity index is 425. The molecule has 2 heterocycles. The first-order chi connectivity index (χ1) is 9.54. The second kappa shape index (κ2) is 7.16. The number of sulfonamides is 1. The smallest absolute Gasteiger partial charge is 0.214 e. The van der Waals surface area contributed by atoms with Gasteiger partial charge in [0.1, 0.15) is 0 Å². The number of hydrogen-bond acceptors (Lipinski definition) is 3. The highest BCUT2D eigenvalue weighted by Gasteiger charge is 2.38. The molecule has 0 aromatic heterocycles. The highest BCUT2D eigenvalue weighted by molar-refractivity contribution is 7.89. The summed E-state index contributed by atoms with van der Waals surface area (Å²) in [6.07, 6.45) is 10.3. The van der Waals surface area contributed by atoms with Crippen molar-refractivity contribution in [3.63, 3.8) is 0 Å². The average molecular weight is 337 g/mol. The Morgan fingerprint density at radius 2 is 1.57 bits per heavy atom. The first-order valence-corrected chi connectivity index (χ1v) is 9.87. The van der Waals surface area contributed by atoms with Gasteiger partial charge in [-0.2, -0.15) is 0 Å². The number of rotatable bonds is 4. The number of fused-ring (bicyclic) bond motifs is 2. The third kappa shape index (κ3) is 4.12. The van der Waals surface area contributed by atoms with Crippen LogP contribution in [-0.2, 0) is 10.0 Å². The van der Waals surface area contributed by atoms with E-state index in [1.165, 1.54) is 32.1 Å². The monoisotopic (exact) mass is 336 g/mol. The summed E-state index contributed by atoms with van der Waals surface area (Å²) in [6, 6.07) is 1.32. The normalized spacial score (nSPS) is 33.9. The van der Waals surface area contributed by atoms with Crippen molar-refractivity contribution in [2.24, 2.45) is 5.92 Å². The molecule has 3 aliphatic rings. The molecule has 2 aliphatic heterocycles. The number of halogens is 1. The maximum Gasteiger partial charge on any atom is 0.214 e. The van der Waals surface area contributed by atoms with E-state index < -0.39 is 10.0 Å². The molecule has 0 spiro atoms. The number of piperidine rings is 1. The van der Waals surface area contributed by atoms with Gasteiger partial charge in [0.15, 0.2) is 0 Å². The Morgan fingerprint density at radius 3 is 2.14 bits per heavy atom. The molecule has 2 bridgehead atoms. The minimum Gasteiger partial charge on any atom is -0.311 e. The minimum absolute atomic E-state index is 0. The van der Waals surface area contributed by atoms with E-state index in [2.05, 4.69) is 5.32 Å². The first kappa shape index (κ1) is 17.5. The van der Waals surface area contributed by atoms with Gasteiger partial charge >= 0.3 is 0 Å². The van der Waals surface area contributed by atoms with Crippen LogP contribution in [0.2, 0.25) is 0 Å². The highest BCUT2D eigenvalue weighted by Crippen LogP contribution is 2.32. The zero-order chi connectivity index (χ0) is 14.2. The lowest BCUT2D eigenvalue weighted by atomic mass is 9.91. The van der Waals surface area contributed by atoms with Gasteiger partial charge in [0.25, 0.3) is 0 Å². The topological polar surface area (TPSA) is 49.4 Å². The van der Waals surface area contributed by atoms with Crippen molar-refractivity contribution in [1.82, 2.24) is 9.62 Å². The Balaban J connectivity index is 0.00000161. The molecule has 3 fully saturated rings. The molecule has 0 radical (unpaired) electrons. The molecule has 124 valence electrons. The number of nitrogens with one attached hydrogen (secondary N) is 1. The van der Waals surface area contributed by atoms with Crippen LogP contribution >= 0.6 is 12.4 Å². The molecule has 4 nitrogen and oxygen atoms in total. The van der Waals surface area contributed by atoms with Gasteiger partial charge in [0.2, 0.25) is 10.0 Å². The van der Waals surface area contributed by atoms with E-state index in [-0.39, 0.29) is 18.4 Å². The van der Waals surface area contributed by atoms with Crippen molar-refractivity contribution in [2.45, 2.75) is 75.9 Å². The van der Waals surface area contributed by atoms with Crippen LogP contribution in [0, 0.1) is 5.92 Å². The predicted octanol–water partition coefficient (Wildman–Crippen LogP) is 2.53. The summed E-state index contributed by atoms with van der Waals surface area (Å²) in [7, 11) is -1.26. The van der Waals surface area contributed by atoms with Crippen molar-refractivity contribution in [2.75, 3.05) is 12.8 Å². The van der Waals surface area contributed by atoms with Crippen LogP contribution in [-0.4, -0.2) is 43.6 Å². The molecule has 0 aromatic carbocycles. The molecule has 1 saturated carbocycles. The van der Waals surface area contributed by atoms with E-state index in [9.17, 15) is 8.42 Å². The summed E-state index contributed by atoms with van der Waals surface area (Å²) in [4.78, 5) is 0. The highest BCUT2D eigenvalue weighted by atomic mass is 35.5. The van der Waals surface area contributed by atoms with E-state index in [0.717, 1.165) is 25.7 Å². The van der Waals surface area contributed by atoms with Crippen LogP contribution in [0.4, 0.5) is 0 Å². The molecule has 1 N–H and O–H groups in total. The molecule has 2 atom stereocenters. The largest absolute Gasteiger partial charge is 0.311 e. The Morgan fingerprint density at radius 1 is 1.00 bits per heavy atom. The Labute approximate surface area is 135 Å². The average Bonchev–Trinajstić information content (AvgIpc) is 2.77. The van der Waals surface area contributed by atoms with Crippen molar-refractivity contribution in [3.8, 4) is 0 Å². The van der Waals surface area contributed by atoms with Crippen LogP contribution in [0.3, 0.4) is 0 Å². The summed E-state index contributed by atoms with van der Waals surface area (Å²) in [5, 5.41) is 3.59. The fraction of sp³-hybridized carbons (Fsp3) is 1.00. The third-order valence-corrected chi connectivity index (χ3v) is 7.64. The lowest BCUT2D eigenvalue weighted by Gasteiger charge is -2.35. The van der Waals surface area contributed by atoms with Crippen LogP contribution in [0.1, 0.15) is 57.8 Å². The molecule has 3 rings (SSSR count). The molecule has 1 aliphatic carbocycles. The van der Waals surface area contributed by atoms with Gasteiger partial charge in [0.05, 0.1) is 5.75 Å². The lowest BCUT2D eigenvalue weighted by Crippen LogP contribution is -2.49. The molecule has 2 saturated heterocycles. The van der Waals surface area contributed by atoms with Gasteiger partial charge in [-0.25, -0.2) is 12.7 Å². The summed E-state index contributed by atoms with van der Waals surface area (Å²) < 4.78 is 27.0. The zero-order valence-corrected chi connectivity index (χ0v) is 14.6.